The van der Waals surface area contributed by atoms with E-state index in [0.29, 0.717) is 23.8 Å². The first-order valence-electron chi connectivity index (χ1n) is 10.7. The van der Waals surface area contributed by atoms with Crippen molar-refractivity contribution in [1.82, 2.24) is 10.2 Å². The van der Waals surface area contributed by atoms with Gasteiger partial charge in [-0.1, -0.05) is 12.1 Å². The highest BCUT2D eigenvalue weighted by atomic mass is 32.2. The number of carbonyl (C=O) groups excluding carboxylic acids is 2. The summed E-state index contributed by atoms with van der Waals surface area (Å²) >= 11 is 0. The third kappa shape index (κ3) is 5.90. The van der Waals surface area contributed by atoms with Crippen LogP contribution in [-0.4, -0.2) is 64.4 Å². The molecule has 184 valence electrons. The second-order valence-corrected chi connectivity index (χ2v) is 9.65. The van der Waals surface area contributed by atoms with Gasteiger partial charge in [-0.2, -0.15) is 0 Å². The zero-order chi connectivity index (χ0) is 24.9. The van der Waals surface area contributed by atoms with E-state index in [2.05, 4.69) is 5.32 Å². The summed E-state index contributed by atoms with van der Waals surface area (Å²) in [6, 6.07) is 10.9. The predicted molar refractivity (Wildman–Crippen MR) is 126 cm³/mol. The van der Waals surface area contributed by atoms with Gasteiger partial charge in [0.1, 0.15) is 18.3 Å². The van der Waals surface area contributed by atoms with Crippen molar-refractivity contribution in [3.63, 3.8) is 0 Å². The molecule has 1 atom stereocenters. The molecule has 2 amide bonds. The number of benzene rings is 2. The van der Waals surface area contributed by atoms with Crippen molar-refractivity contribution in [3.05, 3.63) is 48.0 Å². The number of ether oxygens (including phenoxy) is 3. The summed E-state index contributed by atoms with van der Waals surface area (Å²) in [6.07, 6.45) is 1.02. The van der Waals surface area contributed by atoms with Gasteiger partial charge >= 0.3 is 0 Å². The summed E-state index contributed by atoms with van der Waals surface area (Å²) in [5, 5.41) is 2.71. The third-order valence-electron chi connectivity index (χ3n) is 5.35. The van der Waals surface area contributed by atoms with Crippen LogP contribution in [0.25, 0.3) is 0 Å². The molecule has 0 bridgehead atoms. The van der Waals surface area contributed by atoms with Gasteiger partial charge in [0, 0.05) is 19.2 Å². The number of likely N-dealkylation sites (N-methyl/N-ethyl adjacent to an activating group) is 1. The highest BCUT2D eigenvalue weighted by molar-refractivity contribution is 7.92. The monoisotopic (exact) mass is 491 g/mol. The van der Waals surface area contributed by atoms with Gasteiger partial charge in [-0.05, 0) is 43.7 Å². The number of sulfonamides is 1. The maximum atomic E-state index is 13.4. The SMILES string of the molecule is CCNC(=O)[C@H](C)N(Cc1ccc(OC)cc1)C(=O)CN(c1ccc2c(c1)OCO2)S(C)(=O)=O. The summed E-state index contributed by atoms with van der Waals surface area (Å²) < 4.78 is 42.0. The number of carbonyl (C=O) groups is 2. The number of rotatable bonds is 10. The summed E-state index contributed by atoms with van der Waals surface area (Å²) in [4.78, 5) is 27.4. The molecule has 0 unspecified atom stereocenters. The standard InChI is InChI=1S/C23H29N3O7S/c1-5-24-23(28)16(2)25(13-17-6-9-19(31-3)10-7-17)22(27)14-26(34(4,29)30)18-8-11-20-21(12-18)33-15-32-20/h6-12,16H,5,13-15H2,1-4H3,(H,24,28)/t16-/m0/s1. The van der Waals surface area contributed by atoms with E-state index in [1.165, 1.54) is 11.0 Å². The molecule has 1 N–H and O–H groups in total. The summed E-state index contributed by atoms with van der Waals surface area (Å²) in [5.74, 6) is 0.680. The van der Waals surface area contributed by atoms with Crippen LogP contribution in [0.4, 0.5) is 5.69 Å². The summed E-state index contributed by atoms with van der Waals surface area (Å²) in [6.45, 7) is 3.46. The Hall–Kier alpha value is -3.47. The van der Waals surface area contributed by atoms with E-state index < -0.39 is 28.5 Å². The average molecular weight is 492 g/mol. The quantitative estimate of drug-likeness (QED) is 0.538. The van der Waals surface area contributed by atoms with Crippen LogP contribution in [0.1, 0.15) is 19.4 Å². The molecule has 0 aromatic heterocycles. The summed E-state index contributed by atoms with van der Waals surface area (Å²) in [5.41, 5.74) is 1.02. The van der Waals surface area contributed by atoms with Crippen LogP contribution in [0.2, 0.25) is 0 Å². The third-order valence-corrected chi connectivity index (χ3v) is 6.49. The molecule has 2 aromatic carbocycles. The Morgan fingerprint density at radius 1 is 1.12 bits per heavy atom. The van der Waals surface area contributed by atoms with Crippen molar-refractivity contribution in [2.45, 2.75) is 26.4 Å². The van der Waals surface area contributed by atoms with Crippen molar-refractivity contribution in [3.8, 4) is 17.2 Å². The maximum Gasteiger partial charge on any atom is 0.244 e. The number of nitrogens with one attached hydrogen (secondary N) is 1. The van der Waals surface area contributed by atoms with Crippen molar-refractivity contribution in [1.29, 1.82) is 0 Å². The first-order valence-corrected chi connectivity index (χ1v) is 12.6. The predicted octanol–water partition coefficient (Wildman–Crippen LogP) is 1.74. The van der Waals surface area contributed by atoms with E-state index in [9.17, 15) is 18.0 Å². The van der Waals surface area contributed by atoms with E-state index in [-0.39, 0.29) is 24.9 Å². The number of hydrogen-bond donors (Lipinski definition) is 1. The van der Waals surface area contributed by atoms with Crippen LogP contribution in [0.5, 0.6) is 17.2 Å². The molecule has 0 spiro atoms. The fraction of sp³-hybridized carbons (Fsp3) is 0.391. The smallest absolute Gasteiger partial charge is 0.244 e. The number of fused-ring (bicyclic) bond motifs is 1. The van der Waals surface area contributed by atoms with Crippen LogP contribution in [-0.2, 0) is 26.2 Å². The van der Waals surface area contributed by atoms with Gasteiger partial charge in [-0.3, -0.25) is 13.9 Å². The van der Waals surface area contributed by atoms with Gasteiger partial charge < -0.3 is 24.4 Å². The molecule has 0 radical (unpaired) electrons. The Balaban J connectivity index is 1.89. The number of methoxy groups -OCH3 is 1. The van der Waals surface area contributed by atoms with Gasteiger partial charge in [0.2, 0.25) is 28.6 Å². The molecule has 0 saturated heterocycles. The van der Waals surface area contributed by atoms with Gasteiger partial charge in [-0.25, -0.2) is 8.42 Å². The minimum absolute atomic E-state index is 0.0380. The van der Waals surface area contributed by atoms with E-state index >= 15 is 0 Å². The molecule has 1 aliphatic rings. The fourth-order valence-electron chi connectivity index (χ4n) is 3.49. The Kier molecular flexibility index (Phi) is 7.87. The Morgan fingerprint density at radius 2 is 1.79 bits per heavy atom. The molecule has 10 nitrogen and oxygen atoms in total. The molecule has 1 aliphatic heterocycles. The first kappa shape index (κ1) is 25.2. The second kappa shape index (κ2) is 10.6. The molecular weight excluding hydrogens is 462 g/mol. The zero-order valence-corrected chi connectivity index (χ0v) is 20.4. The summed E-state index contributed by atoms with van der Waals surface area (Å²) in [7, 11) is -2.28. The van der Waals surface area contributed by atoms with Crippen molar-refractivity contribution < 1.29 is 32.2 Å². The number of anilines is 1. The molecular formula is C23H29N3O7S. The van der Waals surface area contributed by atoms with Gasteiger partial charge in [0.25, 0.3) is 0 Å². The highest BCUT2D eigenvalue weighted by Crippen LogP contribution is 2.36. The molecule has 0 saturated carbocycles. The van der Waals surface area contributed by atoms with Gasteiger partial charge in [-0.15, -0.1) is 0 Å². The van der Waals surface area contributed by atoms with Crippen LogP contribution >= 0.6 is 0 Å². The lowest BCUT2D eigenvalue weighted by Crippen LogP contribution is -2.51. The van der Waals surface area contributed by atoms with Gasteiger partial charge in [0.05, 0.1) is 19.1 Å². The topological polar surface area (TPSA) is 114 Å². The van der Waals surface area contributed by atoms with E-state index in [1.807, 2.05) is 0 Å². The Bertz CT molecular complexity index is 1140. The van der Waals surface area contributed by atoms with Crippen molar-refractivity contribution in [2.75, 3.05) is 37.6 Å². The van der Waals surface area contributed by atoms with Gasteiger partial charge in [0.15, 0.2) is 11.5 Å². The highest BCUT2D eigenvalue weighted by Gasteiger charge is 2.30. The Labute approximate surface area is 199 Å². The molecule has 0 fully saturated rings. The lowest BCUT2D eigenvalue weighted by atomic mass is 10.1. The lowest BCUT2D eigenvalue weighted by Gasteiger charge is -2.31. The first-order chi connectivity index (χ1) is 16.1. The molecule has 3 rings (SSSR count). The number of hydrogen-bond acceptors (Lipinski definition) is 7. The zero-order valence-electron chi connectivity index (χ0n) is 19.6. The lowest BCUT2D eigenvalue weighted by molar-refractivity contribution is -0.139. The molecule has 0 aliphatic carbocycles. The number of nitrogens with zero attached hydrogens (tertiary/aromatic N) is 2. The average Bonchev–Trinajstić information content (AvgIpc) is 3.28. The minimum atomic E-state index is -3.83. The second-order valence-electron chi connectivity index (χ2n) is 7.75. The fourth-order valence-corrected chi connectivity index (χ4v) is 4.33. The molecule has 2 aromatic rings. The van der Waals surface area contributed by atoms with Crippen LogP contribution in [0.15, 0.2) is 42.5 Å². The van der Waals surface area contributed by atoms with E-state index in [1.54, 1.807) is 57.4 Å². The van der Waals surface area contributed by atoms with Crippen LogP contribution in [0, 0.1) is 0 Å². The van der Waals surface area contributed by atoms with Crippen LogP contribution < -0.4 is 23.8 Å². The number of amides is 2. The van der Waals surface area contributed by atoms with E-state index in [0.717, 1.165) is 16.1 Å². The van der Waals surface area contributed by atoms with Crippen molar-refractivity contribution in [2.24, 2.45) is 0 Å². The van der Waals surface area contributed by atoms with Crippen LogP contribution in [0.3, 0.4) is 0 Å². The molecule has 11 heteroatoms. The van der Waals surface area contributed by atoms with E-state index in [4.69, 9.17) is 14.2 Å². The molecule has 1 heterocycles. The maximum absolute atomic E-state index is 13.4. The normalized spacial score (nSPS) is 13.2. The Morgan fingerprint density at radius 3 is 2.41 bits per heavy atom. The minimum Gasteiger partial charge on any atom is -0.497 e. The molecule has 34 heavy (non-hydrogen) atoms. The largest absolute Gasteiger partial charge is 0.497 e. The van der Waals surface area contributed by atoms with Crippen molar-refractivity contribution >= 4 is 27.5 Å².